The van der Waals surface area contributed by atoms with Crippen LogP contribution in [0.1, 0.15) is 31.0 Å². The largest absolute Gasteiger partial charge is 0.507 e. The first-order valence-corrected chi connectivity index (χ1v) is 12.5. The molecule has 1 aliphatic heterocycles. The summed E-state index contributed by atoms with van der Waals surface area (Å²) in [5.74, 6) is -4.02. The van der Waals surface area contributed by atoms with E-state index >= 15 is 0 Å². The third kappa shape index (κ3) is 4.83. The summed E-state index contributed by atoms with van der Waals surface area (Å²) < 4.78 is 33.6. The van der Waals surface area contributed by atoms with Gasteiger partial charge in [-0.1, -0.05) is 12.1 Å². The molecule has 4 rings (SSSR count). The number of ketones is 1. The van der Waals surface area contributed by atoms with E-state index in [4.69, 9.17) is 4.74 Å². The molecule has 0 aliphatic carbocycles. The van der Waals surface area contributed by atoms with Gasteiger partial charge < -0.3 is 14.7 Å². The van der Waals surface area contributed by atoms with Gasteiger partial charge in [0.25, 0.3) is 11.7 Å². The molecule has 9 heteroatoms. The normalized spacial score (nSPS) is 16.8. The number of rotatable bonds is 7. The van der Waals surface area contributed by atoms with Gasteiger partial charge in [-0.2, -0.15) is 0 Å². The molecule has 1 amide bonds. The summed E-state index contributed by atoms with van der Waals surface area (Å²) in [6.07, 6.45) is 0. The van der Waals surface area contributed by atoms with Gasteiger partial charge in [-0.15, -0.1) is 0 Å². The Morgan fingerprint density at radius 1 is 1.00 bits per heavy atom. The van der Waals surface area contributed by atoms with E-state index in [1.807, 2.05) is 26.0 Å². The number of aliphatic hydroxyl groups is 1. The second-order valence-corrected chi connectivity index (χ2v) is 9.23. The molecule has 1 atom stereocenters. The van der Waals surface area contributed by atoms with E-state index in [1.165, 1.54) is 13.2 Å². The van der Waals surface area contributed by atoms with Gasteiger partial charge in [-0.25, -0.2) is 8.78 Å². The molecule has 1 unspecified atom stereocenters. The molecule has 1 saturated heterocycles. The number of hydrogen-bond donors (Lipinski definition) is 1. The minimum Gasteiger partial charge on any atom is -0.507 e. The molecule has 0 saturated carbocycles. The number of benzene rings is 3. The first kappa shape index (κ1) is 26.3. The number of Topliss-reactive ketones (excluding diaryl/α,β-unsaturated/α-hetero) is 1. The maximum atomic E-state index is 14.2. The van der Waals surface area contributed by atoms with Crippen molar-refractivity contribution in [3.05, 3.63) is 93.5 Å². The van der Waals surface area contributed by atoms with Crippen molar-refractivity contribution in [2.24, 2.45) is 0 Å². The van der Waals surface area contributed by atoms with Crippen molar-refractivity contribution in [1.29, 1.82) is 0 Å². The zero-order chi connectivity index (χ0) is 26.9. The standard InChI is InChI=1S/C28H25BrF2N2O4/c1-4-32(5-2)18-9-6-16(7-10-18)25-24(26(34)17-8-13-23(37-3)20(29)14-17)27(35)28(36)33(25)19-11-12-21(30)22(31)15-19/h6-15,25,34H,4-5H2,1-3H3/b26-24+. The number of carbonyl (C=O) groups is 2. The molecule has 6 nitrogen and oxygen atoms in total. The van der Waals surface area contributed by atoms with E-state index in [1.54, 1.807) is 30.3 Å². The molecule has 0 aromatic heterocycles. The minimum atomic E-state index is -1.16. The Morgan fingerprint density at radius 2 is 1.68 bits per heavy atom. The van der Waals surface area contributed by atoms with Gasteiger partial charge in [0.15, 0.2) is 11.6 Å². The van der Waals surface area contributed by atoms with Crippen LogP contribution in [0.2, 0.25) is 0 Å². The summed E-state index contributed by atoms with van der Waals surface area (Å²) in [7, 11) is 1.49. The molecule has 3 aromatic carbocycles. The Kier molecular flexibility index (Phi) is 7.63. The molecule has 1 N–H and O–H groups in total. The molecular weight excluding hydrogens is 546 g/mol. The number of anilines is 2. The van der Waals surface area contributed by atoms with Crippen LogP contribution in [0.4, 0.5) is 20.2 Å². The van der Waals surface area contributed by atoms with Crippen LogP contribution < -0.4 is 14.5 Å². The van der Waals surface area contributed by atoms with Gasteiger partial charge in [-0.3, -0.25) is 14.5 Å². The van der Waals surface area contributed by atoms with Crippen LogP contribution in [0, 0.1) is 11.6 Å². The molecule has 1 fully saturated rings. The van der Waals surface area contributed by atoms with Crippen LogP contribution in [0.5, 0.6) is 5.75 Å². The second kappa shape index (κ2) is 10.7. The number of ether oxygens (including phenoxy) is 1. The zero-order valence-electron chi connectivity index (χ0n) is 20.5. The first-order valence-electron chi connectivity index (χ1n) is 11.7. The van der Waals surface area contributed by atoms with Crippen LogP contribution >= 0.6 is 15.9 Å². The predicted octanol–water partition coefficient (Wildman–Crippen LogP) is 6.21. The lowest BCUT2D eigenvalue weighted by Crippen LogP contribution is -2.29. The molecule has 1 aliphatic rings. The summed E-state index contributed by atoms with van der Waals surface area (Å²) in [5, 5.41) is 11.3. The van der Waals surface area contributed by atoms with Gasteiger partial charge in [0.1, 0.15) is 11.5 Å². The molecule has 0 bridgehead atoms. The number of halogens is 3. The van der Waals surface area contributed by atoms with E-state index < -0.39 is 35.1 Å². The highest BCUT2D eigenvalue weighted by molar-refractivity contribution is 9.10. The summed E-state index contributed by atoms with van der Waals surface area (Å²) in [6, 6.07) is 13.9. The number of hydrogen-bond acceptors (Lipinski definition) is 5. The minimum absolute atomic E-state index is 0.00576. The van der Waals surface area contributed by atoms with Gasteiger partial charge in [0.05, 0.1) is 23.2 Å². The van der Waals surface area contributed by atoms with Gasteiger partial charge in [0, 0.05) is 36.1 Å². The number of carbonyl (C=O) groups excluding carboxylic acids is 2. The van der Waals surface area contributed by atoms with Crippen molar-refractivity contribution in [3.63, 3.8) is 0 Å². The van der Waals surface area contributed by atoms with Crippen molar-refractivity contribution in [3.8, 4) is 5.75 Å². The predicted molar refractivity (Wildman–Crippen MR) is 142 cm³/mol. The molecule has 37 heavy (non-hydrogen) atoms. The lowest BCUT2D eigenvalue weighted by atomic mass is 9.94. The molecule has 1 heterocycles. The molecular formula is C28H25BrF2N2O4. The first-order chi connectivity index (χ1) is 17.7. The second-order valence-electron chi connectivity index (χ2n) is 8.38. The van der Waals surface area contributed by atoms with Crippen molar-refractivity contribution in [1.82, 2.24) is 0 Å². The van der Waals surface area contributed by atoms with Crippen molar-refractivity contribution in [2.45, 2.75) is 19.9 Å². The van der Waals surface area contributed by atoms with E-state index in [9.17, 15) is 23.5 Å². The summed E-state index contributed by atoms with van der Waals surface area (Å²) in [6.45, 7) is 5.63. The number of nitrogens with zero attached hydrogens (tertiary/aromatic N) is 2. The van der Waals surface area contributed by atoms with Crippen LogP contribution in [0.3, 0.4) is 0 Å². The number of methoxy groups -OCH3 is 1. The van der Waals surface area contributed by atoms with Gasteiger partial charge in [-0.05, 0) is 77.8 Å². The van der Waals surface area contributed by atoms with Crippen molar-refractivity contribution in [2.75, 3.05) is 30.0 Å². The zero-order valence-corrected chi connectivity index (χ0v) is 22.1. The molecule has 192 valence electrons. The van der Waals surface area contributed by atoms with E-state index in [0.29, 0.717) is 15.8 Å². The Hall–Kier alpha value is -3.72. The maximum Gasteiger partial charge on any atom is 0.300 e. The third-order valence-corrected chi connectivity index (χ3v) is 7.01. The quantitative estimate of drug-likeness (QED) is 0.208. The molecule has 3 aromatic rings. The molecule has 0 radical (unpaired) electrons. The fourth-order valence-electron chi connectivity index (χ4n) is 4.47. The Labute approximate surface area is 221 Å². The smallest absolute Gasteiger partial charge is 0.300 e. The monoisotopic (exact) mass is 570 g/mol. The highest BCUT2D eigenvalue weighted by Gasteiger charge is 2.47. The highest BCUT2D eigenvalue weighted by atomic mass is 79.9. The summed E-state index contributed by atoms with van der Waals surface area (Å²) in [5.41, 5.74) is 1.57. The summed E-state index contributed by atoms with van der Waals surface area (Å²) in [4.78, 5) is 29.8. The highest BCUT2D eigenvalue weighted by Crippen LogP contribution is 2.43. The number of amides is 1. The lowest BCUT2D eigenvalue weighted by Gasteiger charge is -2.27. The molecule has 0 spiro atoms. The van der Waals surface area contributed by atoms with Crippen LogP contribution in [0.25, 0.3) is 5.76 Å². The Morgan fingerprint density at radius 3 is 2.24 bits per heavy atom. The summed E-state index contributed by atoms with van der Waals surface area (Å²) >= 11 is 3.37. The number of aliphatic hydroxyl groups excluding tert-OH is 1. The fourth-order valence-corrected chi connectivity index (χ4v) is 5.02. The van der Waals surface area contributed by atoms with Crippen LogP contribution in [-0.4, -0.2) is 37.0 Å². The van der Waals surface area contributed by atoms with Gasteiger partial charge in [0.2, 0.25) is 0 Å². The fraction of sp³-hybridized carbons (Fsp3) is 0.214. The van der Waals surface area contributed by atoms with Crippen molar-refractivity contribution >= 4 is 44.8 Å². The maximum absolute atomic E-state index is 14.2. The van der Waals surface area contributed by atoms with Crippen LogP contribution in [0.15, 0.2) is 70.7 Å². The Bertz CT molecular complexity index is 1390. The Balaban J connectivity index is 1.91. The SMILES string of the molecule is CCN(CC)c1ccc(C2/C(=C(\O)c3ccc(OC)c(Br)c3)C(=O)C(=O)N2c2ccc(F)c(F)c2)cc1. The lowest BCUT2D eigenvalue weighted by molar-refractivity contribution is -0.132. The van der Waals surface area contributed by atoms with Crippen molar-refractivity contribution < 1.29 is 28.2 Å². The van der Waals surface area contributed by atoms with Gasteiger partial charge >= 0.3 is 0 Å². The topological polar surface area (TPSA) is 70.1 Å². The van der Waals surface area contributed by atoms with E-state index in [2.05, 4.69) is 20.8 Å². The third-order valence-electron chi connectivity index (χ3n) is 6.39. The van der Waals surface area contributed by atoms with Crippen LogP contribution in [-0.2, 0) is 9.59 Å². The average Bonchev–Trinajstić information content (AvgIpc) is 3.16. The van der Waals surface area contributed by atoms with E-state index in [-0.39, 0.29) is 16.8 Å². The average molecular weight is 571 g/mol. The van der Waals surface area contributed by atoms with E-state index in [0.717, 1.165) is 35.8 Å².